The largest absolute Gasteiger partial charge is 0.497 e. The zero-order valence-corrected chi connectivity index (χ0v) is 17.9. The highest BCUT2D eigenvalue weighted by Gasteiger charge is 2.25. The average molecular weight is 409 g/mol. The van der Waals surface area contributed by atoms with E-state index in [0.717, 1.165) is 61.9 Å². The van der Waals surface area contributed by atoms with Gasteiger partial charge in [-0.15, -0.1) is 0 Å². The van der Waals surface area contributed by atoms with Crippen molar-refractivity contribution in [1.29, 1.82) is 0 Å². The number of rotatable bonds is 10. The summed E-state index contributed by atoms with van der Waals surface area (Å²) in [5.41, 5.74) is 2.48. The number of benzene rings is 2. The molecule has 0 unspecified atom stereocenters. The second kappa shape index (κ2) is 10.8. The van der Waals surface area contributed by atoms with Crippen molar-refractivity contribution in [3.05, 3.63) is 59.7 Å². The summed E-state index contributed by atoms with van der Waals surface area (Å²) in [6.07, 6.45) is 6.90. The maximum atomic E-state index is 12.8. The smallest absolute Gasteiger partial charge is 0.251 e. The first kappa shape index (κ1) is 21.9. The van der Waals surface area contributed by atoms with E-state index in [-0.39, 0.29) is 23.8 Å². The quantitative estimate of drug-likeness (QED) is 0.583. The summed E-state index contributed by atoms with van der Waals surface area (Å²) in [7, 11) is 1.66. The van der Waals surface area contributed by atoms with E-state index < -0.39 is 0 Å². The van der Waals surface area contributed by atoms with Gasteiger partial charge in [0.15, 0.2) is 0 Å². The number of carbonyl (C=O) groups is 2. The van der Waals surface area contributed by atoms with Gasteiger partial charge >= 0.3 is 0 Å². The molecule has 1 aliphatic rings. The fraction of sp³-hybridized carbons (Fsp3) is 0.440. The Hall–Kier alpha value is -2.82. The molecule has 2 aromatic carbocycles. The number of hydrogen-bond donors (Lipinski definition) is 2. The zero-order chi connectivity index (χ0) is 21.3. The van der Waals surface area contributed by atoms with E-state index in [0.29, 0.717) is 5.56 Å². The Morgan fingerprint density at radius 2 is 1.90 bits per heavy atom. The molecule has 30 heavy (non-hydrogen) atoms. The molecule has 0 heterocycles. The van der Waals surface area contributed by atoms with Crippen molar-refractivity contribution < 1.29 is 14.3 Å². The molecule has 160 valence electrons. The number of amides is 2. The molecule has 0 saturated heterocycles. The number of methoxy groups -OCH3 is 1. The van der Waals surface area contributed by atoms with Crippen LogP contribution in [0.3, 0.4) is 0 Å². The Balaban J connectivity index is 1.60. The van der Waals surface area contributed by atoms with E-state index in [1.54, 1.807) is 31.4 Å². The topological polar surface area (TPSA) is 67.4 Å². The molecule has 2 amide bonds. The second-order valence-corrected chi connectivity index (χ2v) is 8.06. The van der Waals surface area contributed by atoms with E-state index in [4.69, 9.17) is 4.74 Å². The first-order valence-electron chi connectivity index (χ1n) is 10.9. The summed E-state index contributed by atoms with van der Waals surface area (Å²) >= 11 is 0. The van der Waals surface area contributed by atoms with Crippen LogP contribution < -0.4 is 15.4 Å². The van der Waals surface area contributed by atoms with Gasteiger partial charge in [0, 0.05) is 23.2 Å². The lowest BCUT2D eigenvalue weighted by Crippen LogP contribution is -2.36. The Morgan fingerprint density at radius 3 is 2.53 bits per heavy atom. The Labute approximate surface area is 179 Å². The highest BCUT2D eigenvalue weighted by Crippen LogP contribution is 2.27. The van der Waals surface area contributed by atoms with E-state index in [9.17, 15) is 9.59 Å². The van der Waals surface area contributed by atoms with Gasteiger partial charge in [0.05, 0.1) is 7.11 Å². The number of nitrogens with one attached hydrogen (secondary N) is 2. The van der Waals surface area contributed by atoms with Crippen molar-refractivity contribution in [3.63, 3.8) is 0 Å². The van der Waals surface area contributed by atoms with Crippen LogP contribution in [0.1, 0.15) is 61.4 Å². The van der Waals surface area contributed by atoms with Crippen LogP contribution in [-0.4, -0.2) is 25.0 Å². The van der Waals surface area contributed by atoms with Gasteiger partial charge in [-0.3, -0.25) is 9.59 Å². The summed E-state index contributed by atoms with van der Waals surface area (Å²) in [6, 6.07) is 15.2. The molecule has 1 fully saturated rings. The van der Waals surface area contributed by atoms with E-state index >= 15 is 0 Å². The van der Waals surface area contributed by atoms with Gasteiger partial charge in [-0.05, 0) is 67.6 Å². The molecule has 0 bridgehead atoms. The van der Waals surface area contributed by atoms with Gasteiger partial charge < -0.3 is 15.4 Å². The predicted octanol–water partition coefficient (Wildman–Crippen LogP) is 4.97. The van der Waals surface area contributed by atoms with Crippen molar-refractivity contribution in [2.24, 2.45) is 5.92 Å². The molecule has 2 N–H and O–H groups in total. The van der Waals surface area contributed by atoms with Crippen LogP contribution in [0.5, 0.6) is 5.75 Å². The third-order valence-electron chi connectivity index (χ3n) is 5.75. The second-order valence-electron chi connectivity index (χ2n) is 8.06. The summed E-state index contributed by atoms with van der Waals surface area (Å²) in [5.74, 6) is 0.962. The van der Waals surface area contributed by atoms with Gasteiger partial charge in [0.2, 0.25) is 5.91 Å². The first-order chi connectivity index (χ1) is 14.6. The van der Waals surface area contributed by atoms with E-state index in [2.05, 4.69) is 23.6 Å². The highest BCUT2D eigenvalue weighted by molar-refractivity contribution is 5.96. The van der Waals surface area contributed by atoms with Gasteiger partial charge in [-0.2, -0.15) is 0 Å². The summed E-state index contributed by atoms with van der Waals surface area (Å²) in [4.78, 5) is 24.9. The van der Waals surface area contributed by atoms with Crippen LogP contribution in [0.2, 0.25) is 0 Å². The SMILES string of the molecule is CCCC[C@@H](Cc1cccc(OC)c1)NC(=O)c1ccc(NC(=O)C2CCC2)cc1. The Kier molecular flexibility index (Phi) is 7.89. The lowest BCUT2D eigenvalue weighted by molar-refractivity contribution is -0.122. The predicted molar refractivity (Wildman–Crippen MR) is 120 cm³/mol. The standard InChI is InChI=1S/C25H32N2O3/c1-3-4-10-22(16-18-7-5-11-23(17-18)30-2)27-25(29)20-12-14-21(15-13-20)26-24(28)19-8-6-9-19/h5,7,11-15,17,19,22H,3-4,6,8-10,16H2,1-2H3,(H,26,28)(H,27,29)/t22-/m0/s1. The maximum Gasteiger partial charge on any atom is 0.251 e. The number of ether oxygens (including phenoxy) is 1. The minimum Gasteiger partial charge on any atom is -0.497 e. The molecule has 0 spiro atoms. The van der Waals surface area contributed by atoms with E-state index in [1.807, 2.05) is 18.2 Å². The van der Waals surface area contributed by atoms with Crippen molar-refractivity contribution in [2.75, 3.05) is 12.4 Å². The maximum absolute atomic E-state index is 12.8. The van der Waals surface area contributed by atoms with Crippen LogP contribution in [0, 0.1) is 5.92 Å². The summed E-state index contributed by atoms with van der Waals surface area (Å²) in [5, 5.41) is 6.12. The molecular formula is C25H32N2O3. The first-order valence-corrected chi connectivity index (χ1v) is 10.9. The van der Waals surface area contributed by atoms with Gasteiger partial charge in [-0.25, -0.2) is 0 Å². The highest BCUT2D eigenvalue weighted by atomic mass is 16.5. The minimum atomic E-state index is -0.0872. The monoisotopic (exact) mass is 408 g/mol. The molecule has 0 aromatic heterocycles. The van der Waals surface area contributed by atoms with Crippen LogP contribution >= 0.6 is 0 Å². The lowest BCUT2D eigenvalue weighted by Gasteiger charge is -2.24. The summed E-state index contributed by atoms with van der Waals surface area (Å²) in [6.45, 7) is 2.15. The molecule has 3 rings (SSSR count). The van der Waals surface area contributed by atoms with E-state index in [1.165, 1.54) is 0 Å². The molecule has 1 atom stereocenters. The fourth-order valence-electron chi connectivity index (χ4n) is 3.65. The van der Waals surface area contributed by atoms with Crippen LogP contribution in [0.25, 0.3) is 0 Å². The Bertz CT molecular complexity index is 844. The number of carbonyl (C=O) groups excluding carboxylic acids is 2. The van der Waals surface area contributed by atoms with Gasteiger partial charge in [-0.1, -0.05) is 38.3 Å². The van der Waals surface area contributed by atoms with Crippen molar-refractivity contribution in [3.8, 4) is 5.75 Å². The number of unbranched alkanes of at least 4 members (excludes halogenated alkanes) is 1. The van der Waals surface area contributed by atoms with Crippen molar-refractivity contribution >= 4 is 17.5 Å². The third kappa shape index (κ3) is 6.09. The van der Waals surface area contributed by atoms with Gasteiger partial charge in [0.25, 0.3) is 5.91 Å². The van der Waals surface area contributed by atoms with Crippen molar-refractivity contribution in [1.82, 2.24) is 5.32 Å². The molecule has 5 heteroatoms. The average Bonchev–Trinajstić information content (AvgIpc) is 2.71. The molecule has 2 aromatic rings. The van der Waals surface area contributed by atoms with Gasteiger partial charge in [0.1, 0.15) is 5.75 Å². The minimum absolute atomic E-state index is 0.0579. The van der Waals surface area contributed by atoms with Crippen LogP contribution in [0.15, 0.2) is 48.5 Å². The molecule has 5 nitrogen and oxygen atoms in total. The summed E-state index contributed by atoms with van der Waals surface area (Å²) < 4.78 is 5.31. The zero-order valence-electron chi connectivity index (χ0n) is 17.9. The fourth-order valence-corrected chi connectivity index (χ4v) is 3.65. The molecule has 0 aliphatic heterocycles. The van der Waals surface area contributed by atoms with Crippen LogP contribution in [-0.2, 0) is 11.2 Å². The van der Waals surface area contributed by atoms with Crippen LogP contribution in [0.4, 0.5) is 5.69 Å². The number of anilines is 1. The molecule has 0 radical (unpaired) electrons. The Morgan fingerprint density at radius 1 is 1.13 bits per heavy atom. The molecular weight excluding hydrogens is 376 g/mol. The third-order valence-corrected chi connectivity index (χ3v) is 5.75. The number of hydrogen-bond acceptors (Lipinski definition) is 3. The molecule has 1 aliphatic carbocycles. The molecule has 1 saturated carbocycles. The lowest BCUT2D eigenvalue weighted by atomic mass is 9.85. The normalized spacial score (nSPS) is 14.5. The van der Waals surface area contributed by atoms with Crippen molar-refractivity contribution in [2.45, 2.75) is 57.9 Å².